The van der Waals surface area contributed by atoms with Crippen LogP contribution in [0.5, 0.6) is 0 Å². The number of rotatable bonds is 5. The predicted octanol–water partition coefficient (Wildman–Crippen LogP) is 1.62. The number of hydrogen-bond donors (Lipinski definition) is 2. The molecule has 2 saturated carbocycles. The number of piperidine rings is 1. The van der Waals surface area contributed by atoms with Gasteiger partial charge in [0, 0.05) is 25.7 Å². The van der Waals surface area contributed by atoms with E-state index in [0.717, 1.165) is 58.0 Å². The van der Waals surface area contributed by atoms with Gasteiger partial charge in [-0.3, -0.25) is 15.0 Å². The van der Waals surface area contributed by atoms with Gasteiger partial charge in [0.25, 0.3) is 0 Å². The number of carboxylic acids is 1. The molecule has 0 radical (unpaired) electrons. The minimum Gasteiger partial charge on any atom is -0.480 e. The Hall–Kier alpha value is -0.650. The number of carboxylic acid groups (broad SMARTS) is 1. The van der Waals surface area contributed by atoms with Crippen molar-refractivity contribution in [1.82, 2.24) is 10.2 Å². The summed E-state index contributed by atoms with van der Waals surface area (Å²) in [5, 5.41) is 13.1. The first kappa shape index (κ1) is 15.3. The first-order chi connectivity index (χ1) is 9.96. The number of carbonyl (C=O) groups is 1. The van der Waals surface area contributed by atoms with Gasteiger partial charge in [-0.2, -0.15) is 0 Å². The summed E-state index contributed by atoms with van der Waals surface area (Å²) in [5.41, 5.74) is -0.761. The van der Waals surface area contributed by atoms with Crippen LogP contribution in [-0.2, 0) is 9.53 Å². The minimum atomic E-state index is -0.688. The van der Waals surface area contributed by atoms with E-state index < -0.39 is 11.5 Å². The molecular formula is C16H28N2O3. The zero-order chi connectivity index (χ0) is 15.1. The van der Waals surface area contributed by atoms with Crippen molar-refractivity contribution in [3.05, 3.63) is 0 Å². The standard InChI is InChI=1S/C16H28N2O3/c1-15(21-2)7-3-9-18(11-15)13-6-8-16(10-13,14(19)20)17-12-4-5-12/h12-13,17H,3-11H2,1-2H3,(H,19,20). The van der Waals surface area contributed by atoms with E-state index in [9.17, 15) is 9.90 Å². The molecule has 0 aromatic rings. The molecule has 1 saturated heterocycles. The maximum atomic E-state index is 11.8. The van der Waals surface area contributed by atoms with Gasteiger partial charge in [-0.25, -0.2) is 0 Å². The molecule has 3 rings (SSSR count). The van der Waals surface area contributed by atoms with E-state index in [-0.39, 0.29) is 5.60 Å². The highest BCUT2D eigenvalue weighted by molar-refractivity contribution is 5.79. The van der Waals surface area contributed by atoms with E-state index in [0.29, 0.717) is 12.1 Å². The zero-order valence-corrected chi connectivity index (χ0v) is 13.2. The number of ether oxygens (including phenoxy) is 1. The van der Waals surface area contributed by atoms with E-state index in [4.69, 9.17) is 4.74 Å². The quantitative estimate of drug-likeness (QED) is 0.807. The monoisotopic (exact) mass is 296 g/mol. The summed E-state index contributed by atoms with van der Waals surface area (Å²) >= 11 is 0. The van der Waals surface area contributed by atoms with Gasteiger partial charge >= 0.3 is 5.97 Å². The summed E-state index contributed by atoms with van der Waals surface area (Å²) in [4.78, 5) is 14.3. The van der Waals surface area contributed by atoms with Crippen LogP contribution in [0.3, 0.4) is 0 Å². The van der Waals surface area contributed by atoms with Crippen LogP contribution >= 0.6 is 0 Å². The van der Waals surface area contributed by atoms with Gasteiger partial charge < -0.3 is 9.84 Å². The van der Waals surface area contributed by atoms with E-state index in [2.05, 4.69) is 17.1 Å². The summed E-state index contributed by atoms with van der Waals surface area (Å²) in [6, 6.07) is 0.813. The van der Waals surface area contributed by atoms with Crippen molar-refractivity contribution in [2.24, 2.45) is 0 Å². The molecule has 120 valence electrons. The Bertz CT molecular complexity index is 412. The topological polar surface area (TPSA) is 61.8 Å². The van der Waals surface area contributed by atoms with E-state index >= 15 is 0 Å². The smallest absolute Gasteiger partial charge is 0.323 e. The number of aliphatic carboxylic acids is 1. The highest BCUT2D eigenvalue weighted by Gasteiger charge is 2.50. The SMILES string of the molecule is COC1(C)CCCN(C2CCC(NC3CC3)(C(=O)O)C2)C1. The van der Waals surface area contributed by atoms with Crippen LogP contribution in [0.4, 0.5) is 0 Å². The van der Waals surface area contributed by atoms with Crippen molar-refractivity contribution in [2.75, 3.05) is 20.2 Å². The van der Waals surface area contributed by atoms with Crippen molar-refractivity contribution in [2.45, 2.75) is 75.1 Å². The van der Waals surface area contributed by atoms with Crippen LogP contribution in [0.2, 0.25) is 0 Å². The predicted molar refractivity (Wildman–Crippen MR) is 80.4 cm³/mol. The lowest BCUT2D eigenvalue weighted by Gasteiger charge is -2.42. The largest absolute Gasteiger partial charge is 0.480 e. The van der Waals surface area contributed by atoms with Gasteiger partial charge in [0.05, 0.1) is 5.60 Å². The van der Waals surface area contributed by atoms with Gasteiger partial charge in [0.2, 0.25) is 0 Å². The van der Waals surface area contributed by atoms with Crippen LogP contribution < -0.4 is 5.32 Å². The molecule has 21 heavy (non-hydrogen) atoms. The van der Waals surface area contributed by atoms with Gasteiger partial charge in [-0.1, -0.05) is 0 Å². The molecule has 3 fully saturated rings. The molecule has 5 nitrogen and oxygen atoms in total. The lowest BCUT2D eigenvalue weighted by atomic mass is 9.92. The molecule has 1 aliphatic heterocycles. The Labute approximate surface area is 127 Å². The fourth-order valence-electron chi connectivity index (χ4n) is 4.06. The second kappa shape index (κ2) is 5.52. The third-order valence-electron chi connectivity index (χ3n) is 5.65. The molecule has 2 aliphatic carbocycles. The van der Waals surface area contributed by atoms with Gasteiger partial charge in [0.15, 0.2) is 0 Å². The first-order valence-electron chi connectivity index (χ1n) is 8.27. The van der Waals surface area contributed by atoms with Crippen LogP contribution in [0, 0.1) is 0 Å². The van der Waals surface area contributed by atoms with Crippen molar-refractivity contribution in [3.8, 4) is 0 Å². The fraction of sp³-hybridized carbons (Fsp3) is 0.938. The second-order valence-corrected chi connectivity index (χ2v) is 7.43. The third-order valence-corrected chi connectivity index (χ3v) is 5.65. The Balaban J connectivity index is 1.66. The van der Waals surface area contributed by atoms with Crippen LogP contribution in [0.25, 0.3) is 0 Å². The molecule has 0 amide bonds. The summed E-state index contributed by atoms with van der Waals surface area (Å²) in [7, 11) is 1.79. The van der Waals surface area contributed by atoms with Crippen molar-refractivity contribution in [3.63, 3.8) is 0 Å². The molecule has 3 aliphatic rings. The average molecular weight is 296 g/mol. The lowest BCUT2D eigenvalue weighted by molar-refractivity contribution is -0.145. The van der Waals surface area contributed by atoms with Crippen molar-refractivity contribution in [1.29, 1.82) is 0 Å². The molecule has 0 bridgehead atoms. The number of methoxy groups -OCH3 is 1. The fourth-order valence-corrected chi connectivity index (χ4v) is 4.06. The van der Waals surface area contributed by atoms with Crippen molar-refractivity contribution < 1.29 is 14.6 Å². The Kier molecular flexibility index (Phi) is 4.01. The molecule has 0 aromatic heterocycles. The van der Waals surface area contributed by atoms with Gasteiger partial charge in [0.1, 0.15) is 5.54 Å². The lowest BCUT2D eigenvalue weighted by Crippen LogP contribution is -2.54. The molecule has 3 atom stereocenters. The molecule has 5 heteroatoms. The van der Waals surface area contributed by atoms with Gasteiger partial charge in [-0.15, -0.1) is 0 Å². The van der Waals surface area contributed by atoms with Crippen LogP contribution in [0.1, 0.15) is 51.9 Å². The molecule has 2 N–H and O–H groups in total. The maximum absolute atomic E-state index is 11.8. The molecule has 0 aromatic carbocycles. The second-order valence-electron chi connectivity index (χ2n) is 7.43. The van der Waals surface area contributed by atoms with E-state index in [1.165, 1.54) is 0 Å². The normalized spacial score (nSPS) is 41.3. The maximum Gasteiger partial charge on any atom is 0.323 e. The highest BCUT2D eigenvalue weighted by Crippen LogP contribution is 2.38. The number of nitrogens with one attached hydrogen (secondary N) is 1. The molecule has 0 spiro atoms. The minimum absolute atomic E-state index is 0.0728. The van der Waals surface area contributed by atoms with Crippen molar-refractivity contribution >= 4 is 5.97 Å². The van der Waals surface area contributed by atoms with E-state index in [1.54, 1.807) is 7.11 Å². The summed E-state index contributed by atoms with van der Waals surface area (Å²) in [6.07, 6.45) is 6.96. The molecule has 3 unspecified atom stereocenters. The summed E-state index contributed by atoms with van der Waals surface area (Å²) < 4.78 is 5.67. The zero-order valence-electron chi connectivity index (χ0n) is 13.2. The highest BCUT2D eigenvalue weighted by atomic mass is 16.5. The van der Waals surface area contributed by atoms with Crippen LogP contribution in [0.15, 0.2) is 0 Å². The van der Waals surface area contributed by atoms with Crippen LogP contribution in [-0.4, -0.2) is 59.4 Å². The first-order valence-corrected chi connectivity index (χ1v) is 8.27. The Morgan fingerprint density at radius 3 is 2.71 bits per heavy atom. The average Bonchev–Trinajstić information content (AvgIpc) is 3.15. The summed E-state index contributed by atoms with van der Waals surface area (Å²) in [6.45, 7) is 4.16. The number of likely N-dealkylation sites (tertiary alicyclic amines) is 1. The number of nitrogens with zero attached hydrogens (tertiary/aromatic N) is 1. The van der Waals surface area contributed by atoms with E-state index in [1.807, 2.05) is 0 Å². The Morgan fingerprint density at radius 1 is 1.33 bits per heavy atom. The third kappa shape index (κ3) is 3.10. The Morgan fingerprint density at radius 2 is 2.10 bits per heavy atom. The number of hydrogen-bond acceptors (Lipinski definition) is 4. The molecule has 1 heterocycles. The molecular weight excluding hydrogens is 268 g/mol. The van der Waals surface area contributed by atoms with Gasteiger partial charge in [-0.05, 0) is 58.4 Å². The summed E-state index contributed by atoms with van der Waals surface area (Å²) in [5.74, 6) is -0.664.